The summed E-state index contributed by atoms with van der Waals surface area (Å²) in [5.41, 5.74) is 7.06. The summed E-state index contributed by atoms with van der Waals surface area (Å²) in [6.07, 6.45) is 3.67. The van der Waals surface area contributed by atoms with E-state index in [1.54, 1.807) is 19.3 Å². The second-order valence-electron chi connectivity index (χ2n) is 4.08. The Morgan fingerprint density at radius 2 is 2.25 bits per heavy atom. The van der Waals surface area contributed by atoms with Crippen LogP contribution < -0.4 is 16.4 Å². The second kappa shape index (κ2) is 4.49. The first-order valence-electron chi connectivity index (χ1n) is 5.39. The van der Waals surface area contributed by atoms with Crippen LogP contribution in [0, 0.1) is 0 Å². The molecule has 1 saturated carbocycles. The van der Waals surface area contributed by atoms with Gasteiger partial charge in [-0.2, -0.15) is 0 Å². The van der Waals surface area contributed by atoms with Gasteiger partial charge < -0.3 is 16.4 Å². The number of hydrogen-bond acceptors (Lipinski definition) is 4. The highest BCUT2D eigenvalue weighted by Gasteiger charge is 2.25. The molecule has 1 aromatic heterocycles. The van der Waals surface area contributed by atoms with Gasteiger partial charge in [0.15, 0.2) is 0 Å². The topological polar surface area (TPSA) is 80.0 Å². The standard InChI is InChI=1S/C11H16N4O/c1-13-11(16)10-3-2-8(6-14-10)15-9-4-7(12)5-9/h2-3,6-7,9,15H,4-5,12H2,1H3,(H,13,16). The highest BCUT2D eigenvalue weighted by Crippen LogP contribution is 2.22. The number of hydrogen-bond donors (Lipinski definition) is 3. The number of nitrogens with zero attached hydrogens (tertiary/aromatic N) is 1. The minimum Gasteiger partial charge on any atom is -0.381 e. The van der Waals surface area contributed by atoms with Crippen LogP contribution in [-0.4, -0.2) is 30.0 Å². The summed E-state index contributed by atoms with van der Waals surface area (Å²) in [5, 5.41) is 5.85. The first-order chi connectivity index (χ1) is 7.69. The second-order valence-corrected chi connectivity index (χ2v) is 4.08. The molecule has 1 aliphatic rings. The zero-order chi connectivity index (χ0) is 11.5. The molecule has 0 saturated heterocycles. The zero-order valence-electron chi connectivity index (χ0n) is 9.23. The maximum Gasteiger partial charge on any atom is 0.269 e. The van der Waals surface area contributed by atoms with Crippen molar-refractivity contribution in [1.82, 2.24) is 10.3 Å². The van der Waals surface area contributed by atoms with Gasteiger partial charge in [0.2, 0.25) is 0 Å². The van der Waals surface area contributed by atoms with E-state index in [1.807, 2.05) is 6.07 Å². The summed E-state index contributed by atoms with van der Waals surface area (Å²) < 4.78 is 0. The largest absolute Gasteiger partial charge is 0.381 e. The lowest BCUT2D eigenvalue weighted by molar-refractivity contribution is 0.0958. The van der Waals surface area contributed by atoms with Crippen molar-refractivity contribution < 1.29 is 4.79 Å². The average molecular weight is 220 g/mol. The molecule has 0 aliphatic heterocycles. The number of aromatic nitrogens is 1. The minimum atomic E-state index is -0.169. The normalized spacial score (nSPS) is 23.4. The number of nitrogens with two attached hydrogens (primary N) is 1. The van der Waals surface area contributed by atoms with E-state index in [9.17, 15) is 4.79 Å². The molecule has 1 aromatic rings. The van der Waals surface area contributed by atoms with E-state index in [-0.39, 0.29) is 5.91 Å². The molecule has 1 heterocycles. The predicted molar refractivity (Wildman–Crippen MR) is 62.2 cm³/mol. The summed E-state index contributed by atoms with van der Waals surface area (Å²) in [6, 6.07) is 4.35. The number of amides is 1. The molecule has 5 heteroatoms. The van der Waals surface area contributed by atoms with Gasteiger partial charge in [0.05, 0.1) is 11.9 Å². The Morgan fingerprint density at radius 3 is 2.75 bits per heavy atom. The van der Waals surface area contributed by atoms with Crippen molar-refractivity contribution in [2.45, 2.75) is 24.9 Å². The third-order valence-corrected chi connectivity index (χ3v) is 2.77. The molecular weight excluding hydrogens is 204 g/mol. The van der Waals surface area contributed by atoms with Gasteiger partial charge in [-0.15, -0.1) is 0 Å². The highest BCUT2D eigenvalue weighted by atomic mass is 16.1. The molecule has 86 valence electrons. The van der Waals surface area contributed by atoms with Crippen molar-refractivity contribution in [3.8, 4) is 0 Å². The van der Waals surface area contributed by atoms with Gasteiger partial charge in [-0.25, -0.2) is 4.98 Å². The molecule has 0 aromatic carbocycles. The van der Waals surface area contributed by atoms with E-state index in [1.165, 1.54) is 0 Å². The fraction of sp³-hybridized carbons (Fsp3) is 0.455. The monoisotopic (exact) mass is 220 g/mol. The number of anilines is 1. The Bertz CT molecular complexity index is 370. The van der Waals surface area contributed by atoms with E-state index in [0.717, 1.165) is 18.5 Å². The van der Waals surface area contributed by atoms with Crippen LogP contribution in [0.1, 0.15) is 23.3 Å². The van der Waals surface area contributed by atoms with E-state index >= 15 is 0 Å². The highest BCUT2D eigenvalue weighted by molar-refractivity contribution is 5.92. The Labute approximate surface area is 94.4 Å². The molecule has 5 nitrogen and oxygen atoms in total. The molecule has 16 heavy (non-hydrogen) atoms. The van der Waals surface area contributed by atoms with Crippen LogP contribution >= 0.6 is 0 Å². The molecule has 0 bridgehead atoms. The van der Waals surface area contributed by atoms with E-state index in [2.05, 4.69) is 15.6 Å². The molecule has 0 radical (unpaired) electrons. The van der Waals surface area contributed by atoms with E-state index in [4.69, 9.17) is 5.73 Å². The van der Waals surface area contributed by atoms with Crippen molar-refractivity contribution in [2.75, 3.05) is 12.4 Å². The van der Waals surface area contributed by atoms with Crippen LogP contribution in [-0.2, 0) is 0 Å². The maximum atomic E-state index is 11.2. The number of pyridine rings is 1. The molecule has 1 fully saturated rings. The molecule has 0 unspecified atom stereocenters. The average Bonchev–Trinajstić information content (AvgIpc) is 2.27. The first kappa shape index (κ1) is 10.9. The van der Waals surface area contributed by atoms with Gasteiger partial charge in [-0.3, -0.25) is 4.79 Å². The summed E-state index contributed by atoms with van der Waals surface area (Å²) >= 11 is 0. The smallest absolute Gasteiger partial charge is 0.269 e. The fourth-order valence-electron chi connectivity index (χ4n) is 1.76. The Morgan fingerprint density at radius 1 is 1.50 bits per heavy atom. The first-order valence-corrected chi connectivity index (χ1v) is 5.39. The van der Waals surface area contributed by atoms with Crippen molar-refractivity contribution in [1.29, 1.82) is 0 Å². The van der Waals surface area contributed by atoms with Gasteiger partial charge in [0.1, 0.15) is 5.69 Å². The molecule has 1 aliphatic carbocycles. The number of carbonyl (C=O) groups excluding carboxylic acids is 1. The number of nitrogens with one attached hydrogen (secondary N) is 2. The fourth-order valence-corrected chi connectivity index (χ4v) is 1.76. The van der Waals surface area contributed by atoms with Crippen LogP contribution in [0.4, 0.5) is 5.69 Å². The van der Waals surface area contributed by atoms with Crippen LogP contribution in [0.15, 0.2) is 18.3 Å². The van der Waals surface area contributed by atoms with E-state index in [0.29, 0.717) is 17.8 Å². The lowest BCUT2D eigenvalue weighted by Gasteiger charge is -2.33. The van der Waals surface area contributed by atoms with Gasteiger partial charge in [0.25, 0.3) is 5.91 Å². The maximum absolute atomic E-state index is 11.2. The van der Waals surface area contributed by atoms with Crippen molar-refractivity contribution in [2.24, 2.45) is 5.73 Å². The quantitative estimate of drug-likeness (QED) is 0.686. The van der Waals surface area contributed by atoms with Gasteiger partial charge in [-0.05, 0) is 25.0 Å². The lowest BCUT2D eigenvalue weighted by Crippen LogP contribution is -2.44. The Kier molecular flexibility index (Phi) is 3.05. The number of rotatable bonds is 3. The van der Waals surface area contributed by atoms with Crippen LogP contribution in [0.3, 0.4) is 0 Å². The summed E-state index contributed by atoms with van der Waals surface area (Å²) in [5.74, 6) is -0.169. The summed E-state index contributed by atoms with van der Waals surface area (Å²) in [7, 11) is 1.59. The summed E-state index contributed by atoms with van der Waals surface area (Å²) in [4.78, 5) is 15.3. The van der Waals surface area contributed by atoms with E-state index < -0.39 is 0 Å². The molecule has 1 amide bonds. The van der Waals surface area contributed by atoms with Crippen LogP contribution in [0.2, 0.25) is 0 Å². The van der Waals surface area contributed by atoms with Crippen molar-refractivity contribution in [3.63, 3.8) is 0 Å². The Hall–Kier alpha value is -1.62. The van der Waals surface area contributed by atoms with Crippen LogP contribution in [0.25, 0.3) is 0 Å². The van der Waals surface area contributed by atoms with Crippen molar-refractivity contribution >= 4 is 11.6 Å². The molecule has 2 rings (SSSR count). The summed E-state index contributed by atoms with van der Waals surface area (Å²) in [6.45, 7) is 0. The van der Waals surface area contributed by atoms with Gasteiger partial charge in [-0.1, -0.05) is 0 Å². The molecule has 0 spiro atoms. The minimum absolute atomic E-state index is 0.169. The Balaban J connectivity index is 1.94. The predicted octanol–water partition coefficient (Wildman–Crippen LogP) is 0.343. The molecular formula is C11H16N4O. The third-order valence-electron chi connectivity index (χ3n) is 2.77. The molecule has 4 N–H and O–H groups in total. The van der Waals surface area contributed by atoms with Gasteiger partial charge >= 0.3 is 0 Å². The van der Waals surface area contributed by atoms with Crippen LogP contribution in [0.5, 0.6) is 0 Å². The number of carbonyl (C=O) groups is 1. The van der Waals surface area contributed by atoms with Gasteiger partial charge in [0, 0.05) is 19.1 Å². The lowest BCUT2D eigenvalue weighted by atomic mass is 9.87. The third kappa shape index (κ3) is 2.30. The van der Waals surface area contributed by atoms with Crippen molar-refractivity contribution in [3.05, 3.63) is 24.0 Å². The SMILES string of the molecule is CNC(=O)c1ccc(NC2CC(N)C2)cn1. The molecule has 0 atom stereocenters. The zero-order valence-corrected chi connectivity index (χ0v) is 9.23.